The van der Waals surface area contributed by atoms with Crippen LogP contribution < -0.4 is 10.6 Å². The molecule has 0 aromatic rings. The van der Waals surface area contributed by atoms with E-state index in [-0.39, 0.29) is 6.03 Å². The van der Waals surface area contributed by atoms with Crippen LogP contribution in [0.1, 0.15) is 51.9 Å². The third kappa shape index (κ3) is 2.86. The lowest BCUT2D eigenvalue weighted by atomic mass is 10.0. The highest BCUT2D eigenvalue weighted by Gasteiger charge is 2.40. The molecule has 15 heavy (non-hydrogen) atoms. The van der Waals surface area contributed by atoms with Crippen LogP contribution >= 0.6 is 0 Å². The topological polar surface area (TPSA) is 41.1 Å². The Morgan fingerprint density at radius 3 is 2.53 bits per heavy atom. The summed E-state index contributed by atoms with van der Waals surface area (Å²) < 4.78 is 0. The molecule has 2 saturated carbocycles. The molecule has 0 radical (unpaired) electrons. The van der Waals surface area contributed by atoms with E-state index in [1.807, 2.05) is 0 Å². The van der Waals surface area contributed by atoms with Gasteiger partial charge in [0, 0.05) is 12.6 Å². The number of carbonyl (C=O) groups excluding carboxylic acids is 1. The second-order valence-electron chi connectivity index (χ2n) is 5.16. The van der Waals surface area contributed by atoms with Crippen LogP contribution in [0.2, 0.25) is 0 Å². The monoisotopic (exact) mass is 210 g/mol. The lowest BCUT2D eigenvalue weighted by Gasteiger charge is -2.16. The molecule has 86 valence electrons. The molecule has 0 saturated heterocycles. The molecule has 2 fully saturated rings. The van der Waals surface area contributed by atoms with Gasteiger partial charge in [-0.05, 0) is 37.5 Å². The van der Waals surface area contributed by atoms with Crippen molar-refractivity contribution in [3.63, 3.8) is 0 Å². The fraction of sp³-hybridized carbons (Fsp3) is 0.917. The Labute approximate surface area is 92.0 Å². The van der Waals surface area contributed by atoms with Crippen molar-refractivity contribution >= 4 is 6.03 Å². The van der Waals surface area contributed by atoms with Gasteiger partial charge in [-0.25, -0.2) is 4.79 Å². The maximum Gasteiger partial charge on any atom is 0.315 e. The van der Waals surface area contributed by atoms with Gasteiger partial charge >= 0.3 is 6.03 Å². The third-order valence-corrected chi connectivity index (χ3v) is 4.02. The van der Waals surface area contributed by atoms with Crippen molar-refractivity contribution in [2.45, 2.75) is 57.9 Å². The molecular weight excluding hydrogens is 188 g/mol. The van der Waals surface area contributed by atoms with E-state index in [0.29, 0.717) is 11.5 Å². The molecule has 2 aliphatic rings. The maximum atomic E-state index is 11.6. The average Bonchev–Trinajstić information content (AvgIpc) is 2.86. The van der Waals surface area contributed by atoms with Gasteiger partial charge in [-0.3, -0.25) is 0 Å². The molecule has 0 heterocycles. The van der Waals surface area contributed by atoms with E-state index in [4.69, 9.17) is 0 Å². The largest absolute Gasteiger partial charge is 0.338 e. The van der Waals surface area contributed by atoms with Crippen LogP contribution in [0.25, 0.3) is 0 Å². The Morgan fingerprint density at radius 1 is 1.33 bits per heavy atom. The fourth-order valence-electron chi connectivity index (χ4n) is 2.41. The Bertz CT molecular complexity index is 230. The molecule has 0 unspecified atom stereocenters. The average molecular weight is 210 g/mol. The maximum absolute atomic E-state index is 11.6. The smallest absolute Gasteiger partial charge is 0.315 e. The zero-order valence-corrected chi connectivity index (χ0v) is 9.64. The first kappa shape index (κ1) is 10.8. The van der Waals surface area contributed by atoms with Gasteiger partial charge in [-0.1, -0.05) is 19.8 Å². The van der Waals surface area contributed by atoms with Crippen molar-refractivity contribution in [1.29, 1.82) is 0 Å². The summed E-state index contributed by atoms with van der Waals surface area (Å²) in [5, 5.41) is 6.07. The van der Waals surface area contributed by atoms with Crippen LogP contribution in [0.4, 0.5) is 4.79 Å². The number of amides is 2. The highest BCUT2D eigenvalue weighted by atomic mass is 16.2. The summed E-state index contributed by atoms with van der Waals surface area (Å²) in [6, 6.07) is 0.475. The number of nitrogens with one attached hydrogen (secondary N) is 2. The predicted molar refractivity (Wildman–Crippen MR) is 60.7 cm³/mol. The first-order valence-electron chi connectivity index (χ1n) is 6.28. The van der Waals surface area contributed by atoms with Gasteiger partial charge in [0.05, 0.1) is 0 Å². The molecule has 3 heteroatoms. The molecule has 0 aromatic heterocycles. The summed E-state index contributed by atoms with van der Waals surface area (Å²) in [6.07, 6.45) is 8.61. The molecule has 3 nitrogen and oxygen atoms in total. The predicted octanol–water partition coefficient (Wildman–Crippen LogP) is 2.42. The lowest BCUT2D eigenvalue weighted by molar-refractivity contribution is 0.234. The van der Waals surface area contributed by atoms with Gasteiger partial charge in [0.15, 0.2) is 0 Å². The van der Waals surface area contributed by atoms with Crippen molar-refractivity contribution in [2.75, 3.05) is 6.54 Å². The Morgan fingerprint density at radius 2 is 2.00 bits per heavy atom. The minimum absolute atomic E-state index is 0.0432. The second kappa shape index (κ2) is 4.42. The number of rotatable bonds is 4. The van der Waals surface area contributed by atoms with Gasteiger partial charge in [0.25, 0.3) is 0 Å². The molecule has 0 aromatic carbocycles. The molecule has 0 bridgehead atoms. The number of hydrogen-bond acceptors (Lipinski definition) is 1. The number of carbonyl (C=O) groups is 1. The van der Waals surface area contributed by atoms with E-state index >= 15 is 0 Å². The first-order chi connectivity index (χ1) is 7.24. The van der Waals surface area contributed by atoms with Crippen LogP contribution in [0, 0.1) is 5.41 Å². The molecule has 2 rings (SSSR count). The normalized spacial score (nSPS) is 23.8. The Hall–Kier alpha value is -0.730. The van der Waals surface area contributed by atoms with Crippen LogP contribution in [0.5, 0.6) is 0 Å². The van der Waals surface area contributed by atoms with Crippen molar-refractivity contribution in [3.05, 3.63) is 0 Å². The summed E-state index contributed by atoms with van der Waals surface area (Å²) in [4.78, 5) is 11.6. The van der Waals surface area contributed by atoms with Crippen LogP contribution in [-0.4, -0.2) is 18.6 Å². The van der Waals surface area contributed by atoms with Gasteiger partial charge in [0.2, 0.25) is 0 Å². The summed E-state index contributed by atoms with van der Waals surface area (Å²) in [5.41, 5.74) is 0.451. The Balaban J connectivity index is 1.64. The van der Waals surface area contributed by atoms with Crippen molar-refractivity contribution in [2.24, 2.45) is 5.41 Å². The molecular formula is C12H22N2O. The van der Waals surface area contributed by atoms with Crippen molar-refractivity contribution in [1.82, 2.24) is 10.6 Å². The highest BCUT2D eigenvalue weighted by molar-refractivity contribution is 5.74. The van der Waals surface area contributed by atoms with Gasteiger partial charge in [-0.2, -0.15) is 0 Å². The SMILES string of the molecule is CCC1(CNC(=O)NC2CCCC2)CC1. The van der Waals surface area contributed by atoms with E-state index < -0.39 is 0 Å². The van der Waals surface area contributed by atoms with Crippen LogP contribution in [0.3, 0.4) is 0 Å². The minimum Gasteiger partial charge on any atom is -0.338 e. The summed E-state index contributed by atoms with van der Waals surface area (Å²) in [6.45, 7) is 3.08. The van der Waals surface area contributed by atoms with Crippen molar-refractivity contribution < 1.29 is 4.79 Å². The quantitative estimate of drug-likeness (QED) is 0.735. The summed E-state index contributed by atoms with van der Waals surface area (Å²) in [7, 11) is 0. The van der Waals surface area contributed by atoms with Gasteiger partial charge in [0.1, 0.15) is 0 Å². The number of hydrogen-bond donors (Lipinski definition) is 2. The van der Waals surface area contributed by atoms with Gasteiger partial charge < -0.3 is 10.6 Å². The van der Waals surface area contributed by atoms with Crippen LogP contribution in [0.15, 0.2) is 0 Å². The summed E-state index contributed by atoms with van der Waals surface area (Å²) >= 11 is 0. The lowest BCUT2D eigenvalue weighted by Crippen LogP contribution is -2.42. The highest BCUT2D eigenvalue weighted by Crippen LogP contribution is 2.47. The minimum atomic E-state index is 0.0432. The molecule has 0 atom stereocenters. The molecule has 2 N–H and O–H groups in total. The molecule has 0 aliphatic heterocycles. The van der Waals surface area contributed by atoms with E-state index in [2.05, 4.69) is 17.6 Å². The van der Waals surface area contributed by atoms with E-state index in [9.17, 15) is 4.79 Å². The third-order valence-electron chi connectivity index (χ3n) is 4.02. The Kier molecular flexibility index (Phi) is 3.17. The molecule has 0 spiro atoms. The van der Waals surface area contributed by atoms with E-state index in [1.54, 1.807) is 0 Å². The standard InChI is InChI=1S/C12H22N2O/c1-2-12(7-8-12)9-13-11(15)14-10-5-3-4-6-10/h10H,2-9H2,1H3,(H2,13,14,15). The number of urea groups is 1. The zero-order chi connectivity index (χ0) is 10.7. The van der Waals surface area contributed by atoms with Gasteiger partial charge in [-0.15, -0.1) is 0 Å². The zero-order valence-electron chi connectivity index (χ0n) is 9.64. The van der Waals surface area contributed by atoms with Crippen LogP contribution in [-0.2, 0) is 0 Å². The second-order valence-corrected chi connectivity index (χ2v) is 5.16. The van der Waals surface area contributed by atoms with E-state index in [0.717, 1.165) is 19.4 Å². The molecule has 2 amide bonds. The van der Waals surface area contributed by atoms with E-state index in [1.165, 1.54) is 32.1 Å². The van der Waals surface area contributed by atoms with Crippen molar-refractivity contribution in [3.8, 4) is 0 Å². The fourth-order valence-corrected chi connectivity index (χ4v) is 2.41. The summed E-state index contributed by atoms with van der Waals surface area (Å²) in [5.74, 6) is 0. The molecule has 2 aliphatic carbocycles. The first-order valence-corrected chi connectivity index (χ1v) is 6.28.